The van der Waals surface area contributed by atoms with E-state index in [0.29, 0.717) is 25.3 Å². The molecule has 1 aromatic heterocycles. The van der Waals surface area contributed by atoms with Crippen LogP contribution in [0, 0.1) is 12.8 Å². The average molecular weight is 394 g/mol. The van der Waals surface area contributed by atoms with E-state index in [9.17, 15) is 9.90 Å². The van der Waals surface area contributed by atoms with Gasteiger partial charge in [0.25, 0.3) is 5.91 Å². The quantitative estimate of drug-likeness (QED) is 0.718. The van der Waals surface area contributed by atoms with E-state index in [4.69, 9.17) is 9.26 Å². The van der Waals surface area contributed by atoms with Gasteiger partial charge < -0.3 is 19.3 Å². The van der Waals surface area contributed by atoms with Gasteiger partial charge in [-0.15, -0.1) is 0 Å². The van der Waals surface area contributed by atoms with Crippen LogP contribution in [0.2, 0.25) is 0 Å². The number of hydrogen-bond acceptors (Lipinski definition) is 5. The number of aliphatic hydroxyl groups excluding tert-OH is 1. The summed E-state index contributed by atoms with van der Waals surface area (Å²) < 4.78 is 11.4. The highest BCUT2D eigenvalue weighted by molar-refractivity contribution is 5.90. The summed E-state index contributed by atoms with van der Waals surface area (Å²) in [6.07, 6.45) is -0.0474. The lowest BCUT2D eigenvalue weighted by Crippen LogP contribution is -2.48. The van der Waals surface area contributed by atoms with Crippen molar-refractivity contribution in [3.63, 3.8) is 0 Å². The van der Waals surface area contributed by atoms with Gasteiger partial charge in [-0.2, -0.15) is 0 Å². The van der Waals surface area contributed by atoms with Gasteiger partial charge in [0, 0.05) is 36.9 Å². The zero-order valence-corrected chi connectivity index (χ0v) is 17.0. The Morgan fingerprint density at radius 2 is 2.00 bits per heavy atom. The molecule has 1 aliphatic rings. The second-order valence-corrected chi connectivity index (χ2v) is 8.27. The topological polar surface area (TPSA) is 75.8 Å². The molecule has 6 nitrogen and oxygen atoms in total. The number of carbonyl (C=O) groups excluding carboxylic acids is 1. The number of amides is 1. The Kier molecular flexibility index (Phi) is 5.04. The molecule has 1 aliphatic heterocycles. The first-order chi connectivity index (χ1) is 13.8. The average Bonchev–Trinajstić information content (AvgIpc) is 3.27. The number of β-amino-alcohol motifs (C(OH)–C–C–N with tert-alkyl or cyclic N) is 1. The van der Waals surface area contributed by atoms with Crippen LogP contribution in [0.4, 0.5) is 0 Å². The van der Waals surface area contributed by atoms with Gasteiger partial charge in [-0.25, -0.2) is 0 Å². The molecule has 0 bridgehead atoms. The highest BCUT2D eigenvalue weighted by Gasteiger charge is 2.41. The van der Waals surface area contributed by atoms with E-state index in [1.54, 1.807) is 18.7 Å². The molecule has 0 saturated carbocycles. The molecule has 6 heteroatoms. The van der Waals surface area contributed by atoms with E-state index in [-0.39, 0.29) is 11.8 Å². The first-order valence-electron chi connectivity index (χ1n) is 9.90. The van der Waals surface area contributed by atoms with Crippen LogP contribution in [0.3, 0.4) is 0 Å². The molecule has 1 amide bonds. The molecule has 0 unspecified atom stereocenters. The summed E-state index contributed by atoms with van der Waals surface area (Å²) in [6, 6.07) is 15.6. The molecule has 0 spiro atoms. The molecule has 0 radical (unpaired) electrons. The van der Waals surface area contributed by atoms with E-state index in [0.717, 1.165) is 22.2 Å². The maximum Gasteiger partial charge on any atom is 0.266 e. The molecule has 1 N–H and O–H groups in total. The van der Waals surface area contributed by atoms with Crippen LogP contribution in [0.1, 0.15) is 25.3 Å². The number of hydrogen-bond donors (Lipinski definition) is 1. The molecule has 29 heavy (non-hydrogen) atoms. The van der Waals surface area contributed by atoms with Crippen LogP contribution >= 0.6 is 0 Å². The Morgan fingerprint density at radius 1 is 1.24 bits per heavy atom. The van der Waals surface area contributed by atoms with E-state index in [1.807, 2.05) is 55.5 Å². The smallest absolute Gasteiger partial charge is 0.266 e. The van der Waals surface area contributed by atoms with Crippen molar-refractivity contribution >= 4 is 16.7 Å². The summed E-state index contributed by atoms with van der Waals surface area (Å²) in [7, 11) is 0. The van der Waals surface area contributed by atoms with Crippen LogP contribution in [0.15, 0.2) is 53.1 Å². The number of nitrogens with zero attached hydrogens (tertiary/aromatic N) is 2. The van der Waals surface area contributed by atoms with Crippen molar-refractivity contribution in [3.8, 4) is 5.75 Å². The fourth-order valence-corrected chi connectivity index (χ4v) is 3.98. The lowest BCUT2D eigenvalue weighted by molar-refractivity contribution is -0.144. The van der Waals surface area contributed by atoms with Crippen LogP contribution in [0.5, 0.6) is 5.75 Å². The lowest BCUT2D eigenvalue weighted by Gasteiger charge is -2.30. The zero-order chi connectivity index (χ0) is 20.6. The van der Waals surface area contributed by atoms with Crippen LogP contribution in [-0.2, 0) is 11.2 Å². The predicted octanol–water partition coefficient (Wildman–Crippen LogP) is 3.36. The standard InChI is InChI=1S/C23H26N2O4/c1-15-11-18(29-24-15)12-17-13-25(14-20(17)26)22(27)23(2,3)28-21-10-6-8-16-7-4-5-9-19(16)21/h4-11,17,20,26H,12-14H2,1-3H3/t17-,20-/m1/s1. The SMILES string of the molecule is Cc1cc(C[C@@H]2CN(C(=O)C(C)(C)Oc3cccc4ccccc34)C[C@H]2O)on1. The van der Waals surface area contributed by atoms with Crippen LogP contribution in [0.25, 0.3) is 10.8 Å². The fourth-order valence-electron chi connectivity index (χ4n) is 3.98. The normalized spacial score (nSPS) is 19.7. The van der Waals surface area contributed by atoms with E-state index in [2.05, 4.69) is 5.16 Å². The third kappa shape index (κ3) is 3.98. The third-order valence-electron chi connectivity index (χ3n) is 5.46. The Balaban J connectivity index is 1.48. The number of aryl methyl sites for hydroxylation is 1. The first kappa shape index (κ1) is 19.5. The van der Waals surface area contributed by atoms with Crippen LogP contribution in [-0.4, -0.2) is 45.9 Å². The number of rotatable bonds is 5. The van der Waals surface area contributed by atoms with Crippen molar-refractivity contribution in [1.29, 1.82) is 0 Å². The van der Waals surface area contributed by atoms with Gasteiger partial charge in [-0.05, 0) is 32.2 Å². The van der Waals surface area contributed by atoms with Gasteiger partial charge in [-0.1, -0.05) is 41.6 Å². The second kappa shape index (κ2) is 7.52. The van der Waals surface area contributed by atoms with Crippen molar-refractivity contribution in [1.82, 2.24) is 10.1 Å². The van der Waals surface area contributed by atoms with Crippen molar-refractivity contribution in [2.75, 3.05) is 13.1 Å². The van der Waals surface area contributed by atoms with Crippen LogP contribution < -0.4 is 4.74 Å². The van der Waals surface area contributed by atoms with E-state index < -0.39 is 11.7 Å². The number of aliphatic hydroxyl groups is 1. The molecule has 1 fully saturated rings. The van der Waals surface area contributed by atoms with Gasteiger partial charge in [0.1, 0.15) is 11.5 Å². The van der Waals surface area contributed by atoms with Crippen molar-refractivity contribution in [3.05, 3.63) is 60.0 Å². The molecule has 2 atom stereocenters. The third-order valence-corrected chi connectivity index (χ3v) is 5.46. The predicted molar refractivity (Wildman–Crippen MR) is 110 cm³/mol. The summed E-state index contributed by atoms with van der Waals surface area (Å²) >= 11 is 0. The Bertz CT molecular complexity index is 1020. The van der Waals surface area contributed by atoms with Gasteiger partial charge in [0.2, 0.25) is 0 Å². The number of carbonyl (C=O) groups is 1. The highest BCUT2D eigenvalue weighted by atomic mass is 16.5. The molecular weight excluding hydrogens is 368 g/mol. The Hall–Kier alpha value is -2.86. The second-order valence-electron chi connectivity index (χ2n) is 8.27. The van der Waals surface area contributed by atoms with Crippen molar-refractivity contribution in [2.45, 2.75) is 38.9 Å². The highest BCUT2D eigenvalue weighted by Crippen LogP contribution is 2.31. The van der Waals surface area contributed by atoms with E-state index in [1.165, 1.54) is 0 Å². The summed E-state index contributed by atoms with van der Waals surface area (Å²) in [4.78, 5) is 14.9. The fraction of sp³-hybridized carbons (Fsp3) is 0.391. The van der Waals surface area contributed by atoms with Gasteiger partial charge >= 0.3 is 0 Å². The van der Waals surface area contributed by atoms with Gasteiger partial charge in [0.15, 0.2) is 5.60 Å². The maximum atomic E-state index is 13.2. The monoisotopic (exact) mass is 394 g/mol. The minimum Gasteiger partial charge on any atom is -0.477 e. The summed E-state index contributed by atoms with van der Waals surface area (Å²) in [5.74, 6) is 1.18. The molecule has 152 valence electrons. The van der Waals surface area contributed by atoms with E-state index >= 15 is 0 Å². The minimum absolute atomic E-state index is 0.0837. The number of ether oxygens (including phenoxy) is 1. The molecule has 2 heterocycles. The lowest BCUT2D eigenvalue weighted by atomic mass is 10.0. The van der Waals surface area contributed by atoms with Gasteiger partial charge in [-0.3, -0.25) is 4.79 Å². The molecule has 3 aromatic rings. The van der Waals surface area contributed by atoms with Gasteiger partial charge in [0.05, 0.1) is 11.8 Å². The zero-order valence-electron chi connectivity index (χ0n) is 17.0. The minimum atomic E-state index is -1.05. The van der Waals surface area contributed by atoms with Crippen molar-refractivity contribution in [2.24, 2.45) is 5.92 Å². The largest absolute Gasteiger partial charge is 0.477 e. The molecular formula is C23H26N2O4. The Morgan fingerprint density at radius 3 is 2.76 bits per heavy atom. The number of benzene rings is 2. The summed E-state index contributed by atoms with van der Waals surface area (Å²) in [5.41, 5.74) is -0.244. The maximum absolute atomic E-state index is 13.2. The number of likely N-dealkylation sites (tertiary alicyclic amines) is 1. The molecule has 4 rings (SSSR count). The first-order valence-corrected chi connectivity index (χ1v) is 9.90. The summed E-state index contributed by atoms with van der Waals surface area (Å²) in [5, 5.41) is 16.4. The molecule has 1 saturated heterocycles. The van der Waals surface area contributed by atoms with Crippen molar-refractivity contribution < 1.29 is 19.2 Å². The number of aromatic nitrogens is 1. The molecule has 2 aromatic carbocycles. The number of fused-ring (bicyclic) bond motifs is 1. The molecule has 0 aliphatic carbocycles. The summed E-state index contributed by atoms with van der Waals surface area (Å²) in [6.45, 7) is 6.16. The Labute approximate surface area is 170 Å².